The number of aliphatic hydroxyl groups is 1. The van der Waals surface area contributed by atoms with Gasteiger partial charge < -0.3 is 20.9 Å². The first kappa shape index (κ1) is 14.5. The van der Waals surface area contributed by atoms with Gasteiger partial charge in [0.2, 0.25) is 0 Å². The van der Waals surface area contributed by atoms with Crippen molar-refractivity contribution in [2.24, 2.45) is 5.73 Å². The summed E-state index contributed by atoms with van der Waals surface area (Å²) in [6, 6.07) is 9.28. The molecule has 0 bridgehead atoms. The van der Waals surface area contributed by atoms with Gasteiger partial charge in [0.25, 0.3) is 0 Å². The number of nitrogens with one attached hydrogen (secondary N) is 1. The van der Waals surface area contributed by atoms with E-state index in [0.717, 1.165) is 12.0 Å². The molecule has 1 aromatic carbocycles. The molecule has 0 aliphatic carbocycles. The molecule has 0 heterocycles. The van der Waals surface area contributed by atoms with Crippen molar-refractivity contribution in [1.29, 1.82) is 0 Å². The number of rotatable bonds is 7. The highest BCUT2D eigenvalue weighted by Crippen LogP contribution is 2.00. The molecule has 0 unspecified atom stereocenters. The van der Waals surface area contributed by atoms with Crippen molar-refractivity contribution in [1.82, 2.24) is 5.32 Å². The van der Waals surface area contributed by atoms with Crippen LogP contribution in [0.25, 0.3) is 0 Å². The van der Waals surface area contributed by atoms with Gasteiger partial charge in [-0.25, -0.2) is 4.79 Å². The lowest BCUT2D eigenvalue weighted by Gasteiger charge is -2.09. The summed E-state index contributed by atoms with van der Waals surface area (Å²) in [5.41, 5.74) is 6.48. The number of alkyl carbamates (subject to hydrolysis) is 1. The van der Waals surface area contributed by atoms with Crippen molar-refractivity contribution in [3.63, 3.8) is 0 Å². The average Bonchev–Trinajstić information content (AvgIpc) is 2.42. The molecule has 100 valence electrons. The van der Waals surface area contributed by atoms with Crippen molar-refractivity contribution >= 4 is 6.09 Å². The maximum Gasteiger partial charge on any atom is 0.407 e. The van der Waals surface area contributed by atoms with Crippen molar-refractivity contribution in [3.8, 4) is 0 Å². The van der Waals surface area contributed by atoms with E-state index in [2.05, 4.69) is 5.32 Å². The van der Waals surface area contributed by atoms with Gasteiger partial charge in [-0.3, -0.25) is 0 Å². The third-order valence-corrected chi connectivity index (χ3v) is 2.47. The summed E-state index contributed by atoms with van der Waals surface area (Å²) in [5, 5.41) is 11.4. The third kappa shape index (κ3) is 6.22. The van der Waals surface area contributed by atoms with Crippen molar-refractivity contribution in [2.45, 2.75) is 25.5 Å². The molecule has 0 saturated heterocycles. The summed E-state index contributed by atoms with van der Waals surface area (Å²) in [7, 11) is 0. The van der Waals surface area contributed by atoms with Crippen LogP contribution in [0.15, 0.2) is 30.3 Å². The van der Waals surface area contributed by atoms with Gasteiger partial charge in [0.05, 0.1) is 6.61 Å². The molecule has 4 N–H and O–H groups in total. The zero-order valence-electron chi connectivity index (χ0n) is 10.3. The van der Waals surface area contributed by atoms with Gasteiger partial charge in [-0.1, -0.05) is 30.3 Å². The fraction of sp³-hybridized carbons (Fsp3) is 0.462. The van der Waals surface area contributed by atoms with Crippen molar-refractivity contribution in [3.05, 3.63) is 35.9 Å². The van der Waals surface area contributed by atoms with Gasteiger partial charge in [0.1, 0.15) is 6.61 Å². The lowest BCUT2D eigenvalue weighted by Crippen LogP contribution is -2.28. The zero-order valence-corrected chi connectivity index (χ0v) is 10.3. The number of nitrogens with two attached hydrogens (primary N) is 1. The first-order chi connectivity index (χ1) is 8.72. The number of aliphatic hydroxyl groups excluding tert-OH is 1. The maximum atomic E-state index is 11.3. The second-order valence-electron chi connectivity index (χ2n) is 4.07. The molecular weight excluding hydrogens is 232 g/mol. The topological polar surface area (TPSA) is 84.6 Å². The Balaban J connectivity index is 2.07. The van der Waals surface area contributed by atoms with E-state index in [4.69, 9.17) is 15.6 Å². The van der Waals surface area contributed by atoms with E-state index >= 15 is 0 Å². The summed E-state index contributed by atoms with van der Waals surface area (Å²) >= 11 is 0. The summed E-state index contributed by atoms with van der Waals surface area (Å²) < 4.78 is 5.03. The van der Waals surface area contributed by atoms with Crippen LogP contribution in [0.2, 0.25) is 0 Å². The molecule has 0 saturated carbocycles. The van der Waals surface area contributed by atoms with Gasteiger partial charge in [-0.2, -0.15) is 0 Å². The monoisotopic (exact) mass is 252 g/mol. The molecule has 1 atom stereocenters. The first-order valence-corrected chi connectivity index (χ1v) is 6.03. The molecule has 1 amide bonds. The van der Waals surface area contributed by atoms with Crippen LogP contribution in [-0.2, 0) is 11.3 Å². The molecule has 1 rings (SSSR count). The molecule has 0 radical (unpaired) electrons. The van der Waals surface area contributed by atoms with Crippen LogP contribution in [0, 0.1) is 0 Å². The minimum absolute atomic E-state index is 0.0293. The highest BCUT2D eigenvalue weighted by molar-refractivity contribution is 5.67. The molecular formula is C13H20N2O3. The highest BCUT2D eigenvalue weighted by Gasteiger charge is 2.03. The lowest BCUT2D eigenvalue weighted by molar-refractivity contribution is 0.139. The largest absolute Gasteiger partial charge is 0.445 e. The van der Waals surface area contributed by atoms with Crippen LogP contribution in [0.5, 0.6) is 0 Å². The van der Waals surface area contributed by atoms with Crippen LogP contribution in [0.4, 0.5) is 4.79 Å². The molecule has 1 aromatic rings. The summed E-state index contributed by atoms with van der Waals surface area (Å²) in [4.78, 5) is 11.3. The number of amides is 1. The third-order valence-electron chi connectivity index (χ3n) is 2.47. The summed E-state index contributed by atoms with van der Waals surface area (Å²) in [6.07, 6.45) is 0.967. The normalized spacial score (nSPS) is 11.9. The molecule has 0 aromatic heterocycles. The zero-order chi connectivity index (χ0) is 13.2. The predicted molar refractivity (Wildman–Crippen MR) is 68.9 cm³/mol. The summed E-state index contributed by atoms with van der Waals surface area (Å²) in [5.74, 6) is 0. The molecule has 18 heavy (non-hydrogen) atoms. The van der Waals surface area contributed by atoms with Crippen molar-refractivity contribution < 1.29 is 14.6 Å². The van der Waals surface area contributed by atoms with Gasteiger partial charge >= 0.3 is 6.09 Å². The van der Waals surface area contributed by atoms with E-state index in [1.54, 1.807) is 0 Å². The Morgan fingerprint density at radius 3 is 2.78 bits per heavy atom. The number of carbonyl (C=O) groups is 1. The second kappa shape index (κ2) is 8.49. The Kier molecular flexibility index (Phi) is 6.83. The van der Waals surface area contributed by atoms with Crippen molar-refractivity contribution in [2.75, 3.05) is 13.2 Å². The second-order valence-corrected chi connectivity index (χ2v) is 4.07. The number of hydrogen-bond donors (Lipinski definition) is 3. The van der Waals surface area contributed by atoms with E-state index in [1.807, 2.05) is 30.3 Å². The Morgan fingerprint density at radius 2 is 2.11 bits per heavy atom. The van der Waals surface area contributed by atoms with Crippen LogP contribution in [-0.4, -0.2) is 30.4 Å². The van der Waals surface area contributed by atoms with E-state index in [-0.39, 0.29) is 19.3 Å². The van der Waals surface area contributed by atoms with Gasteiger partial charge in [-0.15, -0.1) is 0 Å². The quantitative estimate of drug-likeness (QED) is 0.632. The van der Waals surface area contributed by atoms with E-state index in [0.29, 0.717) is 13.0 Å². The van der Waals surface area contributed by atoms with Crippen LogP contribution in [0.3, 0.4) is 0 Å². The van der Waals surface area contributed by atoms with Gasteiger partial charge in [-0.05, 0) is 18.4 Å². The molecule has 0 aliphatic heterocycles. The number of hydrogen-bond acceptors (Lipinski definition) is 4. The van der Waals surface area contributed by atoms with E-state index < -0.39 is 6.09 Å². The highest BCUT2D eigenvalue weighted by atomic mass is 16.5. The minimum atomic E-state index is -0.434. The molecule has 0 aliphatic rings. The van der Waals surface area contributed by atoms with E-state index in [9.17, 15) is 4.79 Å². The first-order valence-electron chi connectivity index (χ1n) is 6.03. The number of carbonyl (C=O) groups excluding carboxylic acids is 1. The average molecular weight is 252 g/mol. The van der Waals surface area contributed by atoms with Gasteiger partial charge in [0.15, 0.2) is 0 Å². The Bertz CT molecular complexity index is 343. The minimum Gasteiger partial charge on any atom is -0.445 e. The Labute approximate surface area is 107 Å². The Morgan fingerprint density at radius 1 is 1.39 bits per heavy atom. The summed E-state index contributed by atoms with van der Waals surface area (Å²) in [6.45, 7) is 0.739. The number of benzene rings is 1. The standard InChI is InChI=1S/C13H20N2O3/c14-12(9-16)7-4-8-15-13(17)18-10-11-5-2-1-3-6-11/h1-3,5-6,12,16H,4,7-10,14H2,(H,15,17)/t12-/m1/s1. The van der Waals surface area contributed by atoms with Crippen LogP contribution >= 0.6 is 0 Å². The van der Waals surface area contributed by atoms with E-state index in [1.165, 1.54) is 0 Å². The number of ether oxygens (including phenoxy) is 1. The molecule has 0 spiro atoms. The van der Waals surface area contributed by atoms with Gasteiger partial charge in [0, 0.05) is 12.6 Å². The van der Waals surface area contributed by atoms with Crippen LogP contribution < -0.4 is 11.1 Å². The fourth-order valence-electron chi connectivity index (χ4n) is 1.42. The predicted octanol–water partition coefficient (Wildman–Crippen LogP) is 1.01. The molecule has 0 fully saturated rings. The van der Waals surface area contributed by atoms with Crippen LogP contribution in [0.1, 0.15) is 18.4 Å². The fourth-order valence-corrected chi connectivity index (χ4v) is 1.42. The molecule has 5 nitrogen and oxygen atoms in total. The lowest BCUT2D eigenvalue weighted by atomic mass is 10.2. The SMILES string of the molecule is N[C@@H](CO)CCCNC(=O)OCc1ccccc1. The maximum absolute atomic E-state index is 11.3. The smallest absolute Gasteiger partial charge is 0.407 e. The molecule has 5 heteroatoms. The Hall–Kier alpha value is -1.59.